The molecule has 1 saturated heterocycles. The fraction of sp³-hybridized carbons (Fsp3) is 0.278. The van der Waals surface area contributed by atoms with E-state index in [1.165, 1.54) is 24.6 Å². The first-order valence-corrected chi connectivity index (χ1v) is 8.55. The van der Waals surface area contributed by atoms with Crippen molar-refractivity contribution in [1.82, 2.24) is 4.98 Å². The lowest BCUT2D eigenvalue weighted by molar-refractivity contribution is 0.0996. The van der Waals surface area contributed by atoms with Crippen molar-refractivity contribution in [3.63, 3.8) is 0 Å². The van der Waals surface area contributed by atoms with Crippen LogP contribution >= 0.6 is 11.6 Å². The number of halogens is 1. The number of rotatable bonds is 4. The molecule has 1 aliphatic rings. The van der Waals surface area contributed by atoms with Gasteiger partial charge in [0.1, 0.15) is 5.82 Å². The minimum absolute atomic E-state index is 0.280. The molecule has 2 heterocycles. The molecule has 2 amide bonds. The zero-order valence-electron chi connectivity index (χ0n) is 13.7. The van der Waals surface area contributed by atoms with E-state index in [0.717, 1.165) is 25.9 Å². The number of primary amides is 1. The third-order valence-corrected chi connectivity index (χ3v) is 4.52. The number of carbonyl (C=O) groups is 2. The van der Waals surface area contributed by atoms with E-state index < -0.39 is 5.91 Å². The summed E-state index contributed by atoms with van der Waals surface area (Å²) in [4.78, 5) is 30.6. The SMILES string of the molecule is NC(=O)c1ccc(Cl)c(NC(=O)c2cccnc2N2CCCCC2)c1. The van der Waals surface area contributed by atoms with E-state index in [4.69, 9.17) is 17.3 Å². The minimum atomic E-state index is -0.581. The molecule has 0 saturated carbocycles. The van der Waals surface area contributed by atoms with Crippen LogP contribution in [0.4, 0.5) is 11.5 Å². The highest BCUT2D eigenvalue weighted by molar-refractivity contribution is 6.34. The molecule has 0 radical (unpaired) electrons. The molecule has 0 aliphatic carbocycles. The van der Waals surface area contributed by atoms with Gasteiger partial charge in [-0.3, -0.25) is 9.59 Å². The summed E-state index contributed by atoms with van der Waals surface area (Å²) < 4.78 is 0. The van der Waals surface area contributed by atoms with E-state index in [-0.39, 0.29) is 11.5 Å². The molecule has 1 aliphatic heterocycles. The second-order valence-electron chi connectivity index (χ2n) is 5.94. The van der Waals surface area contributed by atoms with E-state index in [2.05, 4.69) is 15.2 Å². The van der Waals surface area contributed by atoms with Crippen LogP contribution in [0.25, 0.3) is 0 Å². The number of nitrogens with one attached hydrogen (secondary N) is 1. The molecule has 0 atom stereocenters. The predicted octanol–water partition coefficient (Wildman–Crippen LogP) is 3.08. The third-order valence-electron chi connectivity index (χ3n) is 4.19. The monoisotopic (exact) mass is 358 g/mol. The van der Waals surface area contributed by atoms with E-state index in [9.17, 15) is 9.59 Å². The molecule has 0 spiro atoms. The number of piperidine rings is 1. The van der Waals surface area contributed by atoms with Crippen molar-refractivity contribution >= 4 is 34.9 Å². The fourth-order valence-corrected chi connectivity index (χ4v) is 3.06. The van der Waals surface area contributed by atoms with Crippen molar-refractivity contribution < 1.29 is 9.59 Å². The first kappa shape index (κ1) is 17.2. The van der Waals surface area contributed by atoms with Crippen molar-refractivity contribution in [2.45, 2.75) is 19.3 Å². The molecule has 1 aromatic heterocycles. The summed E-state index contributed by atoms with van der Waals surface area (Å²) in [5.41, 5.74) is 6.39. The average Bonchev–Trinajstić information content (AvgIpc) is 2.64. The van der Waals surface area contributed by atoms with Gasteiger partial charge in [-0.1, -0.05) is 11.6 Å². The van der Waals surface area contributed by atoms with Gasteiger partial charge in [0.15, 0.2) is 0 Å². The van der Waals surface area contributed by atoms with E-state index in [1.54, 1.807) is 18.3 Å². The Morgan fingerprint density at radius 2 is 1.92 bits per heavy atom. The summed E-state index contributed by atoms with van der Waals surface area (Å²) in [6, 6.07) is 7.98. The van der Waals surface area contributed by atoms with Crippen molar-refractivity contribution in [1.29, 1.82) is 0 Å². The molecule has 6 nitrogen and oxygen atoms in total. The van der Waals surface area contributed by atoms with Crippen molar-refractivity contribution in [2.75, 3.05) is 23.3 Å². The van der Waals surface area contributed by atoms with Crippen LogP contribution in [-0.2, 0) is 0 Å². The van der Waals surface area contributed by atoms with Gasteiger partial charge in [-0.15, -0.1) is 0 Å². The maximum atomic E-state index is 12.8. The molecular weight excluding hydrogens is 340 g/mol. The number of nitrogens with zero attached hydrogens (tertiary/aromatic N) is 2. The van der Waals surface area contributed by atoms with Crippen LogP contribution in [0.5, 0.6) is 0 Å². The molecule has 25 heavy (non-hydrogen) atoms. The maximum Gasteiger partial charge on any atom is 0.259 e. The van der Waals surface area contributed by atoms with Gasteiger partial charge >= 0.3 is 0 Å². The molecule has 0 unspecified atom stereocenters. The van der Waals surface area contributed by atoms with Crippen LogP contribution < -0.4 is 16.0 Å². The lowest BCUT2D eigenvalue weighted by Gasteiger charge is -2.29. The number of pyridine rings is 1. The molecule has 0 bridgehead atoms. The van der Waals surface area contributed by atoms with Crippen LogP contribution in [0.15, 0.2) is 36.5 Å². The standard InChI is InChI=1S/C18H19ClN4O2/c19-14-7-6-12(16(20)24)11-15(14)22-18(25)13-5-4-8-21-17(13)23-9-2-1-3-10-23/h4-8,11H,1-3,9-10H2,(H2,20,24)(H,22,25). The van der Waals surface area contributed by atoms with Gasteiger partial charge < -0.3 is 16.0 Å². The van der Waals surface area contributed by atoms with Crippen molar-refractivity contribution in [2.24, 2.45) is 5.73 Å². The molecule has 2 aromatic rings. The van der Waals surface area contributed by atoms with Gasteiger partial charge in [0, 0.05) is 24.8 Å². The largest absolute Gasteiger partial charge is 0.366 e. The first-order chi connectivity index (χ1) is 12.1. The number of nitrogens with two attached hydrogens (primary N) is 1. The zero-order valence-corrected chi connectivity index (χ0v) is 14.4. The number of aromatic nitrogens is 1. The third kappa shape index (κ3) is 3.91. The van der Waals surface area contributed by atoms with Crippen molar-refractivity contribution in [3.8, 4) is 0 Å². The molecule has 1 fully saturated rings. The van der Waals surface area contributed by atoms with Crippen LogP contribution in [0.3, 0.4) is 0 Å². The normalized spacial score (nSPS) is 14.2. The second-order valence-corrected chi connectivity index (χ2v) is 6.34. The number of carbonyl (C=O) groups excluding carboxylic acids is 2. The second kappa shape index (κ2) is 7.53. The van der Waals surface area contributed by atoms with Gasteiger partial charge in [-0.2, -0.15) is 0 Å². The Bertz CT molecular complexity index is 803. The Morgan fingerprint density at radius 1 is 1.16 bits per heavy atom. The van der Waals surface area contributed by atoms with E-state index in [0.29, 0.717) is 22.1 Å². The average molecular weight is 359 g/mol. The molecule has 130 valence electrons. The molecule has 1 aromatic carbocycles. The predicted molar refractivity (Wildman–Crippen MR) is 98.2 cm³/mol. The van der Waals surface area contributed by atoms with Crippen LogP contribution in [0.1, 0.15) is 40.0 Å². The Kier molecular flexibility index (Phi) is 5.19. The number of hydrogen-bond acceptors (Lipinski definition) is 4. The van der Waals surface area contributed by atoms with Gasteiger partial charge in [-0.05, 0) is 49.6 Å². The summed E-state index contributed by atoms with van der Waals surface area (Å²) in [6.07, 6.45) is 5.05. The summed E-state index contributed by atoms with van der Waals surface area (Å²) in [6.45, 7) is 1.77. The fourth-order valence-electron chi connectivity index (χ4n) is 2.90. The Labute approximate surface area is 151 Å². The van der Waals surface area contributed by atoms with E-state index >= 15 is 0 Å². The number of anilines is 2. The first-order valence-electron chi connectivity index (χ1n) is 8.17. The van der Waals surface area contributed by atoms with Crippen molar-refractivity contribution in [3.05, 3.63) is 52.7 Å². The van der Waals surface area contributed by atoms with Crippen LogP contribution in [0.2, 0.25) is 5.02 Å². The summed E-state index contributed by atoms with van der Waals surface area (Å²) >= 11 is 6.13. The van der Waals surface area contributed by atoms with Crippen LogP contribution in [-0.4, -0.2) is 29.9 Å². The Balaban J connectivity index is 1.87. The summed E-state index contributed by atoms with van der Waals surface area (Å²) in [5, 5.41) is 3.09. The summed E-state index contributed by atoms with van der Waals surface area (Å²) in [5.74, 6) is -0.235. The smallest absolute Gasteiger partial charge is 0.259 e. The Hall–Kier alpha value is -2.60. The molecule has 3 N–H and O–H groups in total. The van der Waals surface area contributed by atoms with Gasteiger partial charge in [0.2, 0.25) is 5.91 Å². The Morgan fingerprint density at radius 3 is 2.64 bits per heavy atom. The highest BCUT2D eigenvalue weighted by atomic mass is 35.5. The topological polar surface area (TPSA) is 88.3 Å². The molecule has 3 rings (SSSR count). The number of benzene rings is 1. The molecular formula is C18H19ClN4O2. The van der Waals surface area contributed by atoms with Gasteiger partial charge in [0.05, 0.1) is 16.3 Å². The lowest BCUT2D eigenvalue weighted by Crippen LogP contribution is -2.32. The zero-order chi connectivity index (χ0) is 17.8. The van der Waals surface area contributed by atoms with Gasteiger partial charge in [-0.25, -0.2) is 4.98 Å². The van der Waals surface area contributed by atoms with Crippen LogP contribution in [0, 0.1) is 0 Å². The maximum absolute atomic E-state index is 12.8. The number of hydrogen-bond donors (Lipinski definition) is 2. The highest BCUT2D eigenvalue weighted by Gasteiger charge is 2.20. The summed E-state index contributed by atoms with van der Waals surface area (Å²) in [7, 11) is 0. The van der Waals surface area contributed by atoms with E-state index in [1.807, 2.05) is 0 Å². The lowest BCUT2D eigenvalue weighted by atomic mass is 10.1. The van der Waals surface area contributed by atoms with Gasteiger partial charge in [0.25, 0.3) is 5.91 Å². The number of amides is 2. The quantitative estimate of drug-likeness (QED) is 0.879. The highest BCUT2D eigenvalue weighted by Crippen LogP contribution is 2.26. The minimum Gasteiger partial charge on any atom is -0.366 e. The molecule has 7 heteroatoms.